The highest BCUT2D eigenvalue weighted by atomic mass is 16.2. The molecule has 2 N–H and O–H groups in total. The lowest BCUT2D eigenvalue weighted by Gasteiger charge is -2.39. The number of rotatable bonds is 6. The van der Waals surface area contributed by atoms with Crippen LogP contribution in [0.2, 0.25) is 0 Å². The van der Waals surface area contributed by atoms with E-state index < -0.39 is 0 Å². The molecular weight excluding hydrogens is 428 g/mol. The van der Waals surface area contributed by atoms with Crippen LogP contribution in [0.4, 0.5) is 5.95 Å². The maximum atomic E-state index is 13.2. The summed E-state index contributed by atoms with van der Waals surface area (Å²) >= 11 is 0. The van der Waals surface area contributed by atoms with Gasteiger partial charge in [-0.25, -0.2) is 9.97 Å². The summed E-state index contributed by atoms with van der Waals surface area (Å²) in [6.07, 6.45) is 7.36. The number of amides is 2. The Morgan fingerprint density at radius 3 is 2.29 bits per heavy atom. The van der Waals surface area contributed by atoms with Gasteiger partial charge in [0.1, 0.15) is 6.04 Å². The molecule has 8 heteroatoms. The molecule has 3 aliphatic heterocycles. The Morgan fingerprint density at radius 2 is 1.68 bits per heavy atom. The van der Waals surface area contributed by atoms with Gasteiger partial charge in [-0.2, -0.15) is 0 Å². The number of hydrogen-bond acceptors (Lipinski definition) is 6. The van der Waals surface area contributed by atoms with Crippen LogP contribution in [-0.4, -0.2) is 70.0 Å². The summed E-state index contributed by atoms with van der Waals surface area (Å²) < 4.78 is 0. The lowest BCUT2D eigenvalue weighted by Crippen LogP contribution is -2.53. The van der Waals surface area contributed by atoms with E-state index in [9.17, 15) is 9.59 Å². The van der Waals surface area contributed by atoms with Crippen molar-refractivity contribution in [3.63, 3.8) is 0 Å². The van der Waals surface area contributed by atoms with Crippen LogP contribution in [0.1, 0.15) is 77.1 Å². The first-order valence-electron chi connectivity index (χ1n) is 13.0. The van der Waals surface area contributed by atoms with Crippen LogP contribution in [0, 0.1) is 19.8 Å². The van der Waals surface area contributed by atoms with Crippen molar-refractivity contribution in [1.82, 2.24) is 25.5 Å². The Labute approximate surface area is 204 Å². The lowest BCUT2D eigenvalue weighted by atomic mass is 9.90. The second kappa shape index (κ2) is 10.2. The predicted octanol–water partition coefficient (Wildman–Crippen LogP) is 2.73. The number of piperidine rings is 2. The van der Waals surface area contributed by atoms with Gasteiger partial charge in [0.25, 0.3) is 0 Å². The lowest BCUT2D eigenvalue weighted by molar-refractivity contribution is -0.125. The number of aromatic nitrogens is 2. The van der Waals surface area contributed by atoms with Gasteiger partial charge in [-0.05, 0) is 91.5 Å². The molecule has 1 aromatic rings. The third-order valence-electron chi connectivity index (χ3n) is 7.42. The molecule has 2 bridgehead atoms. The average Bonchev–Trinajstić information content (AvgIpc) is 2.97. The van der Waals surface area contributed by atoms with Crippen LogP contribution in [-0.2, 0) is 9.59 Å². The van der Waals surface area contributed by atoms with E-state index in [0.29, 0.717) is 37.0 Å². The van der Waals surface area contributed by atoms with Gasteiger partial charge in [0.2, 0.25) is 17.8 Å². The maximum Gasteiger partial charge on any atom is 0.242 e. The highest BCUT2D eigenvalue weighted by Gasteiger charge is 2.42. The Hall–Kier alpha value is -2.22. The largest absolute Gasteiger partial charge is 0.354 e. The normalized spacial score (nSPS) is 27.5. The summed E-state index contributed by atoms with van der Waals surface area (Å²) in [6.45, 7) is 12.0. The average molecular weight is 471 g/mol. The minimum atomic E-state index is -0.201. The summed E-state index contributed by atoms with van der Waals surface area (Å²) in [4.78, 5) is 39.5. The van der Waals surface area contributed by atoms with Crippen molar-refractivity contribution in [3.8, 4) is 0 Å². The fourth-order valence-electron chi connectivity index (χ4n) is 6.08. The third-order valence-corrected chi connectivity index (χ3v) is 7.42. The first kappa shape index (κ1) is 24.9. The number of nitrogens with zero attached hydrogens (tertiary/aromatic N) is 4. The van der Waals surface area contributed by atoms with E-state index in [4.69, 9.17) is 0 Å². The molecule has 0 radical (unpaired) electrons. The van der Waals surface area contributed by atoms with Gasteiger partial charge < -0.3 is 15.5 Å². The molecule has 2 amide bonds. The van der Waals surface area contributed by atoms with Crippen molar-refractivity contribution in [2.45, 2.75) is 103 Å². The van der Waals surface area contributed by atoms with Gasteiger partial charge in [0.15, 0.2) is 0 Å². The highest BCUT2D eigenvalue weighted by molar-refractivity contribution is 5.85. The van der Waals surface area contributed by atoms with Gasteiger partial charge in [-0.15, -0.1) is 0 Å². The highest BCUT2D eigenvalue weighted by Crippen LogP contribution is 2.38. The Kier molecular flexibility index (Phi) is 7.45. The molecule has 0 aliphatic carbocycles. The van der Waals surface area contributed by atoms with Crippen molar-refractivity contribution in [2.24, 2.45) is 5.92 Å². The van der Waals surface area contributed by atoms with Crippen molar-refractivity contribution >= 4 is 17.8 Å². The van der Waals surface area contributed by atoms with E-state index >= 15 is 0 Å². The van der Waals surface area contributed by atoms with Gasteiger partial charge >= 0.3 is 0 Å². The number of aryl methyl sites for hydroxylation is 2. The van der Waals surface area contributed by atoms with Crippen LogP contribution < -0.4 is 15.5 Å². The molecule has 1 aromatic heterocycles. The molecule has 188 valence electrons. The van der Waals surface area contributed by atoms with Crippen molar-refractivity contribution in [3.05, 3.63) is 17.5 Å². The number of hydrogen-bond donors (Lipinski definition) is 2. The molecular formula is C26H42N6O2. The molecule has 4 heterocycles. The summed E-state index contributed by atoms with van der Waals surface area (Å²) in [7, 11) is 0. The van der Waals surface area contributed by atoms with E-state index in [0.717, 1.165) is 62.9 Å². The van der Waals surface area contributed by atoms with Crippen molar-refractivity contribution in [1.29, 1.82) is 0 Å². The number of nitrogens with one attached hydrogen (secondary N) is 2. The monoisotopic (exact) mass is 470 g/mol. The third kappa shape index (κ3) is 6.06. The predicted molar refractivity (Wildman–Crippen MR) is 134 cm³/mol. The molecule has 4 atom stereocenters. The van der Waals surface area contributed by atoms with Crippen LogP contribution in [0.5, 0.6) is 0 Å². The Bertz CT molecular complexity index is 864. The van der Waals surface area contributed by atoms with E-state index in [-0.39, 0.29) is 23.4 Å². The minimum absolute atomic E-state index is 0.0989. The number of carbonyl (C=O) groups is 2. The number of fused-ring (bicyclic) bond motifs is 2. The van der Waals surface area contributed by atoms with E-state index in [1.54, 1.807) is 0 Å². The molecule has 34 heavy (non-hydrogen) atoms. The standard InChI is InChI=1S/C26H42N6O2/c1-17-12-18(2)29-25(28-17)31-11-7-6-8-22(31)24(34)27-15-19-13-20-9-10-21(14-19)32(20)16-23(33)30-26(3,4)5/h12,19-22H,6-11,13-16H2,1-5H3,(H,27,34)(H,30,33)/t19?,20-,21?,22?/m1/s1. The Balaban J connectivity index is 1.31. The molecule has 3 fully saturated rings. The quantitative estimate of drug-likeness (QED) is 0.664. The molecule has 0 saturated carbocycles. The van der Waals surface area contributed by atoms with Crippen LogP contribution in [0.25, 0.3) is 0 Å². The zero-order valence-electron chi connectivity index (χ0n) is 21.6. The van der Waals surface area contributed by atoms with Crippen molar-refractivity contribution in [2.75, 3.05) is 24.5 Å². The summed E-state index contributed by atoms with van der Waals surface area (Å²) in [6, 6.07) is 2.66. The SMILES string of the molecule is Cc1cc(C)nc(N2CCCCC2C(=O)NCC2CC3CC[C@H](C2)N3CC(=O)NC(C)(C)C)n1. The number of anilines is 1. The fourth-order valence-corrected chi connectivity index (χ4v) is 6.08. The maximum absolute atomic E-state index is 13.2. The van der Waals surface area contributed by atoms with E-state index in [1.807, 2.05) is 40.7 Å². The van der Waals surface area contributed by atoms with Gasteiger partial charge in [0.05, 0.1) is 6.54 Å². The molecule has 3 unspecified atom stereocenters. The molecule has 4 rings (SSSR count). The van der Waals surface area contributed by atoms with E-state index in [2.05, 4.69) is 30.4 Å². The Morgan fingerprint density at radius 1 is 1.03 bits per heavy atom. The van der Waals surface area contributed by atoms with Crippen LogP contribution in [0.15, 0.2) is 6.07 Å². The fraction of sp³-hybridized carbons (Fsp3) is 0.769. The molecule has 0 spiro atoms. The topological polar surface area (TPSA) is 90.5 Å². The van der Waals surface area contributed by atoms with E-state index in [1.165, 1.54) is 0 Å². The summed E-state index contributed by atoms with van der Waals surface area (Å²) in [5.74, 6) is 1.36. The molecule has 8 nitrogen and oxygen atoms in total. The van der Waals surface area contributed by atoms with Gasteiger partial charge in [-0.3, -0.25) is 14.5 Å². The smallest absolute Gasteiger partial charge is 0.242 e. The molecule has 3 saturated heterocycles. The second-order valence-electron chi connectivity index (χ2n) is 11.6. The summed E-state index contributed by atoms with van der Waals surface area (Å²) in [5.41, 5.74) is 1.67. The first-order chi connectivity index (χ1) is 16.1. The zero-order chi connectivity index (χ0) is 24.5. The van der Waals surface area contributed by atoms with Gasteiger partial charge in [-0.1, -0.05) is 0 Å². The van der Waals surface area contributed by atoms with Crippen LogP contribution >= 0.6 is 0 Å². The molecule has 3 aliphatic rings. The first-order valence-corrected chi connectivity index (χ1v) is 13.0. The summed E-state index contributed by atoms with van der Waals surface area (Å²) in [5, 5.41) is 6.37. The second-order valence-corrected chi connectivity index (χ2v) is 11.6. The number of carbonyl (C=O) groups excluding carboxylic acids is 2. The zero-order valence-corrected chi connectivity index (χ0v) is 21.6. The minimum Gasteiger partial charge on any atom is -0.354 e. The molecule has 0 aromatic carbocycles. The van der Waals surface area contributed by atoms with Gasteiger partial charge in [0, 0.05) is 42.1 Å². The van der Waals surface area contributed by atoms with Crippen LogP contribution in [0.3, 0.4) is 0 Å². The van der Waals surface area contributed by atoms with Crippen molar-refractivity contribution < 1.29 is 9.59 Å².